The summed E-state index contributed by atoms with van der Waals surface area (Å²) < 4.78 is 55.0. The Balaban J connectivity index is 1.51. The van der Waals surface area contributed by atoms with E-state index in [-0.39, 0.29) is 12.5 Å². The summed E-state index contributed by atoms with van der Waals surface area (Å²) in [6.45, 7) is 1.43. The Labute approximate surface area is 193 Å². The molecule has 32 heavy (non-hydrogen) atoms. The number of halogens is 6. The summed E-state index contributed by atoms with van der Waals surface area (Å²) in [6.07, 6.45) is -3.79. The van der Waals surface area contributed by atoms with Crippen molar-refractivity contribution < 1.29 is 27.1 Å². The Morgan fingerprint density at radius 3 is 2.38 bits per heavy atom. The molecule has 2 aromatic rings. The van der Waals surface area contributed by atoms with Crippen molar-refractivity contribution in [2.24, 2.45) is 0 Å². The third kappa shape index (κ3) is 6.57. The highest BCUT2D eigenvalue weighted by Crippen LogP contribution is 2.24. The molecule has 0 radical (unpaired) electrons. The predicted molar refractivity (Wildman–Crippen MR) is 115 cm³/mol. The molecule has 0 bridgehead atoms. The lowest BCUT2D eigenvalue weighted by atomic mass is 10.1. The Morgan fingerprint density at radius 2 is 1.72 bits per heavy atom. The summed E-state index contributed by atoms with van der Waals surface area (Å²) in [6, 6.07) is 11.9. The molecule has 3 rings (SSSR count). The van der Waals surface area contributed by atoms with Gasteiger partial charge in [0, 0.05) is 38.3 Å². The molecule has 1 heterocycles. The monoisotopic (exact) mass is 492 g/mol. The summed E-state index contributed by atoms with van der Waals surface area (Å²) in [7, 11) is 0. The van der Waals surface area contributed by atoms with Gasteiger partial charge in [-0.2, -0.15) is 8.78 Å². The van der Waals surface area contributed by atoms with Crippen molar-refractivity contribution in [2.75, 3.05) is 32.8 Å². The van der Waals surface area contributed by atoms with Crippen LogP contribution in [-0.2, 0) is 17.9 Å². The third-order valence-corrected chi connectivity index (χ3v) is 5.85. The minimum Gasteiger partial charge on any atom is -0.370 e. The molecule has 1 aliphatic heterocycles. The van der Waals surface area contributed by atoms with Crippen molar-refractivity contribution >= 4 is 29.1 Å². The number of carbonyl (C=O) groups is 1. The first-order valence-corrected chi connectivity index (χ1v) is 10.7. The zero-order valence-corrected chi connectivity index (χ0v) is 18.6. The maximum absolute atomic E-state index is 13.0. The second kappa shape index (κ2) is 10.8. The number of amides is 1. The fraction of sp³-hybridized carbons (Fsp3) is 0.409. The van der Waals surface area contributed by atoms with Gasteiger partial charge in [-0.3, -0.25) is 9.69 Å². The Bertz CT molecular complexity index is 938. The van der Waals surface area contributed by atoms with Gasteiger partial charge in [-0.25, -0.2) is 8.78 Å². The molecule has 0 aromatic heterocycles. The summed E-state index contributed by atoms with van der Waals surface area (Å²) in [4.78, 5) is 16.8. The number of piperazine rings is 1. The number of hydrogen-bond acceptors (Lipinski definition) is 3. The van der Waals surface area contributed by atoms with Gasteiger partial charge in [-0.1, -0.05) is 41.4 Å². The fourth-order valence-electron chi connectivity index (χ4n) is 3.35. The number of hydrogen-bond donors (Lipinski definition) is 0. The fourth-order valence-corrected chi connectivity index (χ4v) is 3.67. The quantitative estimate of drug-likeness (QED) is 0.464. The molecule has 0 N–H and O–H groups in total. The van der Waals surface area contributed by atoms with Crippen molar-refractivity contribution in [2.45, 2.75) is 25.5 Å². The lowest BCUT2D eigenvalue weighted by Gasteiger charge is -2.35. The molecule has 1 fully saturated rings. The summed E-state index contributed by atoms with van der Waals surface area (Å²) in [5.41, 5.74) is 1.88. The molecule has 0 atom stereocenters. The molecule has 0 spiro atoms. The molecular formula is C22H22Cl2F4N2O2. The van der Waals surface area contributed by atoms with Crippen LogP contribution < -0.4 is 0 Å². The van der Waals surface area contributed by atoms with Crippen LogP contribution in [0, 0.1) is 0 Å². The summed E-state index contributed by atoms with van der Waals surface area (Å²) >= 11 is 12.0. The molecule has 1 aliphatic rings. The Hall–Kier alpha value is -1.87. The molecular weight excluding hydrogens is 471 g/mol. The van der Waals surface area contributed by atoms with Crippen LogP contribution in [0.4, 0.5) is 17.6 Å². The van der Waals surface area contributed by atoms with Crippen molar-refractivity contribution in [1.29, 1.82) is 0 Å². The average molecular weight is 493 g/mol. The van der Waals surface area contributed by atoms with Crippen LogP contribution in [0.25, 0.3) is 0 Å². The van der Waals surface area contributed by atoms with Gasteiger partial charge in [-0.15, -0.1) is 0 Å². The maximum Gasteiger partial charge on any atom is 0.330 e. The van der Waals surface area contributed by atoms with Gasteiger partial charge in [0.15, 0.2) is 0 Å². The SMILES string of the molecule is O=C(c1cccc(COCC(F)(F)C(F)F)c1)N1CCN(Cc2ccc(Cl)c(Cl)c2)CC1. The van der Waals surface area contributed by atoms with Gasteiger partial charge in [0.05, 0.1) is 16.7 Å². The van der Waals surface area contributed by atoms with E-state index in [4.69, 9.17) is 27.9 Å². The van der Waals surface area contributed by atoms with E-state index in [1.807, 2.05) is 12.1 Å². The van der Waals surface area contributed by atoms with Crippen molar-refractivity contribution in [3.8, 4) is 0 Å². The van der Waals surface area contributed by atoms with Gasteiger partial charge in [0.25, 0.3) is 5.91 Å². The molecule has 0 saturated carbocycles. The lowest BCUT2D eigenvalue weighted by Crippen LogP contribution is -2.48. The van der Waals surface area contributed by atoms with E-state index in [9.17, 15) is 22.4 Å². The van der Waals surface area contributed by atoms with E-state index in [1.54, 1.807) is 29.2 Å². The standard InChI is InChI=1S/C22H22Cl2F4N2O2/c23-18-5-4-15(11-19(18)24)12-29-6-8-30(9-7-29)20(31)17-3-1-2-16(10-17)13-32-14-22(27,28)21(25)26/h1-5,10-11,21H,6-9,12-14H2. The van der Waals surface area contributed by atoms with E-state index < -0.39 is 19.0 Å². The average Bonchev–Trinajstić information content (AvgIpc) is 2.76. The summed E-state index contributed by atoms with van der Waals surface area (Å²) in [5.74, 6) is -4.39. The second-order valence-corrected chi connectivity index (χ2v) is 8.39. The molecule has 0 unspecified atom stereocenters. The lowest BCUT2D eigenvalue weighted by molar-refractivity contribution is -0.168. The number of rotatable bonds is 8. The van der Waals surface area contributed by atoms with E-state index in [0.717, 1.165) is 5.56 Å². The molecule has 1 amide bonds. The second-order valence-electron chi connectivity index (χ2n) is 7.57. The van der Waals surface area contributed by atoms with Crippen LogP contribution in [0.15, 0.2) is 42.5 Å². The predicted octanol–water partition coefficient (Wildman–Crippen LogP) is 5.37. The Kier molecular flexibility index (Phi) is 8.38. The van der Waals surface area contributed by atoms with Gasteiger partial charge in [-0.05, 0) is 35.4 Å². The number of ether oxygens (including phenoxy) is 1. The van der Waals surface area contributed by atoms with E-state index >= 15 is 0 Å². The first-order valence-electron chi connectivity index (χ1n) is 9.94. The smallest absolute Gasteiger partial charge is 0.330 e. The van der Waals surface area contributed by atoms with Crippen LogP contribution >= 0.6 is 23.2 Å². The van der Waals surface area contributed by atoms with Gasteiger partial charge >= 0.3 is 12.3 Å². The molecule has 10 heteroatoms. The Morgan fingerprint density at radius 1 is 1.00 bits per heavy atom. The van der Waals surface area contributed by atoms with Gasteiger partial charge in [0.2, 0.25) is 0 Å². The van der Waals surface area contributed by atoms with Crippen molar-refractivity contribution in [1.82, 2.24) is 9.80 Å². The van der Waals surface area contributed by atoms with Crippen LogP contribution in [0.1, 0.15) is 21.5 Å². The number of nitrogens with zero attached hydrogens (tertiary/aromatic N) is 2. The minimum atomic E-state index is -4.20. The molecule has 2 aromatic carbocycles. The molecule has 1 saturated heterocycles. The van der Waals surface area contributed by atoms with E-state index in [2.05, 4.69) is 4.90 Å². The van der Waals surface area contributed by atoms with Crippen molar-refractivity contribution in [3.05, 3.63) is 69.2 Å². The largest absolute Gasteiger partial charge is 0.370 e. The minimum absolute atomic E-state index is 0.182. The highest BCUT2D eigenvalue weighted by molar-refractivity contribution is 6.42. The topological polar surface area (TPSA) is 32.8 Å². The number of carbonyl (C=O) groups excluding carboxylic acids is 1. The van der Waals surface area contributed by atoms with Gasteiger partial charge in [0.1, 0.15) is 6.61 Å². The number of benzene rings is 2. The highest BCUT2D eigenvalue weighted by Gasteiger charge is 2.40. The van der Waals surface area contributed by atoms with E-state index in [0.29, 0.717) is 53.9 Å². The van der Waals surface area contributed by atoms with Crippen LogP contribution in [0.5, 0.6) is 0 Å². The van der Waals surface area contributed by atoms with Crippen LogP contribution in [0.3, 0.4) is 0 Å². The normalized spacial score (nSPS) is 15.4. The highest BCUT2D eigenvalue weighted by atomic mass is 35.5. The first-order chi connectivity index (χ1) is 15.2. The summed E-state index contributed by atoms with van der Waals surface area (Å²) in [5, 5.41) is 1.00. The third-order valence-electron chi connectivity index (χ3n) is 5.11. The maximum atomic E-state index is 13.0. The molecule has 174 valence electrons. The molecule has 0 aliphatic carbocycles. The first kappa shape index (κ1) is 24.8. The number of alkyl halides is 4. The van der Waals surface area contributed by atoms with E-state index in [1.165, 1.54) is 6.07 Å². The van der Waals surface area contributed by atoms with Crippen molar-refractivity contribution in [3.63, 3.8) is 0 Å². The molecule has 4 nitrogen and oxygen atoms in total. The zero-order chi connectivity index (χ0) is 23.3. The van der Waals surface area contributed by atoms with Crippen LogP contribution in [-0.4, -0.2) is 60.8 Å². The van der Waals surface area contributed by atoms with Crippen LogP contribution in [0.2, 0.25) is 10.0 Å². The van der Waals surface area contributed by atoms with Gasteiger partial charge < -0.3 is 9.64 Å². The zero-order valence-electron chi connectivity index (χ0n) is 17.0.